The monoisotopic (exact) mass is 234 g/mol. The average Bonchev–Trinajstić information content (AvgIpc) is 2.30. The van der Waals surface area contributed by atoms with Gasteiger partial charge in [0.2, 0.25) is 0 Å². The third-order valence-corrected chi connectivity index (χ3v) is 2.20. The number of carbonyl (C=O) groups is 1. The molecule has 0 atom stereocenters. The summed E-state index contributed by atoms with van der Waals surface area (Å²) in [7, 11) is 0. The van der Waals surface area contributed by atoms with Crippen LogP contribution in [-0.2, 0) is 0 Å². The van der Waals surface area contributed by atoms with Crippen molar-refractivity contribution in [2.75, 3.05) is 12.3 Å². The van der Waals surface area contributed by atoms with Crippen LogP contribution >= 0.6 is 0 Å². The molecule has 0 aliphatic heterocycles. The summed E-state index contributed by atoms with van der Waals surface area (Å²) in [5, 5.41) is 17.2. The lowest BCUT2D eigenvalue weighted by atomic mass is 10.2. The predicted molar refractivity (Wildman–Crippen MR) is 62.8 cm³/mol. The number of rotatable bonds is 6. The van der Waals surface area contributed by atoms with Gasteiger partial charge in [-0.15, -0.1) is 0 Å². The van der Waals surface area contributed by atoms with Gasteiger partial charge in [-0.05, 0) is 31.0 Å². The van der Waals surface area contributed by atoms with Crippen LogP contribution < -0.4 is 10.5 Å². The molecule has 17 heavy (non-hydrogen) atoms. The van der Waals surface area contributed by atoms with Crippen LogP contribution in [0.1, 0.15) is 29.6 Å². The number of anilines is 1. The molecule has 0 aliphatic carbocycles. The van der Waals surface area contributed by atoms with Crippen molar-refractivity contribution in [1.82, 2.24) is 0 Å². The number of hydrogen-bond acceptors (Lipinski definition) is 4. The summed E-state index contributed by atoms with van der Waals surface area (Å²) in [5.74, 6) is -0.638. The summed E-state index contributed by atoms with van der Waals surface area (Å²) in [4.78, 5) is 10.7. The lowest BCUT2D eigenvalue weighted by molar-refractivity contribution is 0.0696. The van der Waals surface area contributed by atoms with Crippen molar-refractivity contribution < 1.29 is 14.6 Å². The van der Waals surface area contributed by atoms with E-state index in [0.29, 0.717) is 24.5 Å². The van der Waals surface area contributed by atoms with Crippen molar-refractivity contribution in [1.29, 1.82) is 5.26 Å². The van der Waals surface area contributed by atoms with Gasteiger partial charge in [-0.2, -0.15) is 5.26 Å². The topological polar surface area (TPSA) is 96.3 Å². The third kappa shape index (κ3) is 4.03. The minimum absolute atomic E-state index is 0.145. The third-order valence-electron chi connectivity index (χ3n) is 2.20. The van der Waals surface area contributed by atoms with E-state index >= 15 is 0 Å². The number of ether oxygens (including phenoxy) is 1. The Labute approximate surface area is 99.4 Å². The second-order valence-electron chi connectivity index (χ2n) is 3.52. The number of benzene rings is 1. The summed E-state index contributed by atoms with van der Waals surface area (Å²) < 4.78 is 5.38. The Morgan fingerprint density at radius 2 is 2.24 bits per heavy atom. The first-order chi connectivity index (χ1) is 8.15. The van der Waals surface area contributed by atoms with Gasteiger partial charge < -0.3 is 15.6 Å². The number of hydrogen-bond donors (Lipinski definition) is 2. The molecule has 90 valence electrons. The number of nitrogens with zero attached hydrogens (tertiary/aromatic N) is 1. The van der Waals surface area contributed by atoms with Crippen molar-refractivity contribution in [2.24, 2.45) is 0 Å². The zero-order valence-corrected chi connectivity index (χ0v) is 9.35. The standard InChI is InChI=1S/C12H14N2O3/c13-6-2-1-3-7-17-11-8-9(12(15)16)4-5-10(11)14/h4-5,8H,1-3,7,14H2,(H,15,16). The van der Waals surface area contributed by atoms with Crippen LogP contribution in [0, 0.1) is 11.3 Å². The summed E-state index contributed by atoms with van der Waals surface area (Å²) in [6, 6.07) is 6.39. The van der Waals surface area contributed by atoms with E-state index in [2.05, 4.69) is 0 Å². The smallest absolute Gasteiger partial charge is 0.335 e. The first kappa shape index (κ1) is 12.8. The Kier molecular flexibility index (Phi) is 4.82. The molecule has 0 spiro atoms. The summed E-state index contributed by atoms with van der Waals surface area (Å²) in [5.41, 5.74) is 6.22. The van der Waals surface area contributed by atoms with Crippen LogP contribution in [0.15, 0.2) is 18.2 Å². The quantitative estimate of drug-likeness (QED) is 0.580. The molecular formula is C12H14N2O3. The lowest BCUT2D eigenvalue weighted by Gasteiger charge is -2.09. The average molecular weight is 234 g/mol. The molecule has 0 aromatic heterocycles. The second-order valence-corrected chi connectivity index (χ2v) is 3.52. The maximum atomic E-state index is 10.7. The van der Waals surface area contributed by atoms with Gasteiger partial charge in [-0.1, -0.05) is 0 Å². The molecule has 0 bridgehead atoms. The number of nitriles is 1. The van der Waals surface area contributed by atoms with Crippen LogP contribution in [0.2, 0.25) is 0 Å². The number of nitrogen functional groups attached to an aromatic ring is 1. The normalized spacial score (nSPS) is 9.59. The molecule has 0 unspecified atom stereocenters. The van der Waals surface area contributed by atoms with E-state index in [4.69, 9.17) is 20.8 Å². The van der Waals surface area contributed by atoms with E-state index in [1.54, 1.807) is 0 Å². The highest BCUT2D eigenvalue weighted by Crippen LogP contribution is 2.23. The molecule has 0 aliphatic rings. The number of aromatic carboxylic acids is 1. The molecule has 3 N–H and O–H groups in total. The van der Waals surface area contributed by atoms with E-state index in [0.717, 1.165) is 12.8 Å². The molecule has 0 radical (unpaired) electrons. The maximum absolute atomic E-state index is 10.7. The number of nitrogens with two attached hydrogens (primary N) is 1. The Balaban J connectivity index is 2.55. The summed E-state index contributed by atoms with van der Waals surface area (Å²) in [6.45, 7) is 0.426. The number of unbranched alkanes of at least 4 members (excludes halogenated alkanes) is 2. The first-order valence-electron chi connectivity index (χ1n) is 5.27. The molecule has 0 saturated heterocycles. The van der Waals surface area contributed by atoms with Gasteiger partial charge in [0.05, 0.1) is 23.9 Å². The van der Waals surface area contributed by atoms with Crippen molar-refractivity contribution >= 4 is 11.7 Å². The Morgan fingerprint density at radius 1 is 1.47 bits per heavy atom. The lowest BCUT2D eigenvalue weighted by Crippen LogP contribution is -2.03. The van der Waals surface area contributed by atoms with Gasteiger partial charge in [0.15, 0.2) is 0 Å². The maximum Gasteiger partial charge on any atom is 0.335 e. The fourth-order valence-corrected chi connectivity index (χ4v) is 1.28. The molecule has 1 rings (SSSR count). The van der Waals surface area contributed by atoms with Crippen LogP contribution in [-0.4, -0.2) is 17.7 Å². The molecular weight excluding hydrogens is 220 g/mol. The van der Waals surface area contributed by atoms with Gasteiger partial charge in [0.25, 0.3) is 0 Å². The predicted octanol–water partition coefficient (Wildman–Crippen LogP) is 2.04. The molecule has 0 heterocycles. The Bertz CT molecular complexity index is 438. The van der Waals surface area contributed by atoms with E-state index in [9.17, 15) is 4.79 Å². The summed E-state index contributed by atoms with van der Waals surface area (Å²) in [6.07, 6.45) is 1.99. The minimum atomic E-state index is -1.01. The molecule has 5 nitrogen and oxygen atoms in total. The van der Waals surface area contributed by atoms with Crippen LogP contribution in [0.3, 0.4) is 0 Å². The largest absolute Gasteiger partial charge is 0.491 e. The van der Waals surface area contributed by atoms with Crippen LogP contribution in [0.4, 0.5) is 5.69 Å². The van der Waals surface area contributed by atoms with Crippen LogP contribution in [0.5, 0.6) is 5.75 Å². The molecule has 1 aromatic rings. The van der Waals surface area contributed by atoms with Gasteiger partial charge >= 0.3 is 5.97 Å². The van der Waals surface area contributed by atoms with E-state index < -0.39 is 5.97 Å². The van der Waals surface area contributed by atoms with E-state index in [-0.39, 0.29) is 5.56 Å². The molecule has 0 amide bonds. The highest BCUT2D eigenvalue weighted by molar-refractivity contribution is 5.89. The minimum Gasteiger partial charge on any atom is -0.491 e. The van der Waals surface area contributed by atoms with Gasteiger partial charge in [-0.25, -0.2) is 4.79 Å². The van der Waals surface area contributed by atoms with Crippen molar-refractivity contribution in [3.63, 3.8) is 0 Å². The molecule has 5 heteroatoms. The van der Waals surface area contributed by atoms with Crippen molar-refractivity contribution in [2.45, 2.75) is 19.3 Å². The Hall–Kier alpha value is -2.22. The summed E-state index contributed by atoms with van der Waals surface area (Å²) >= 11 is 0. The second kappa shape index (κ2) is 6.38. The number of carboxylic acids is 1. The highest BCUT2D eigenvalue weighted by Gasteiger charge is 2.07. The zero-order valence-electron chi connectivity index (χ0n) is 9.35. The highest BCUT2D eigenvalue weighted by atomic mass is 16.5. The molecule has 0 saturated carbocycles. The first-order valence-corrected chi connectivity index (χ1v) is 5.27. The zero-order chi connectivity index (χ0) is 12.7. The van der Waals surface area contributed by atoms with Gasteiger partial charge in [-0.3, -0.25) is 0 Å². The van der Waals surface area contributed by atoms with Gasteiger partial charge in [0.1, 0.15) is 5.75 Å². The number of carboxylic acid groups (broad SMARTS) is 1. The van der Waals surface area contributed by atoms with Crippen molar-refractivity contribution in [3.8, 4) is 11.8 Å². The molecule has 1 aromatic carbocycles. The van der Waals surface area contributed by atoms with Crippen molar-refractivity contribution in [3.05, 3.63) is 23.8 Å². The fourth-order valence-electron chi connectivity index (χ4n) is 1.28. The van der Waals surface area contributed by atoms with Crippen LogP contribution in [0.25, 0.3) is 0 Å². The van der Waals surface area contributed by atoms with E-state index in [1.807, 2.05) is 6.07 Å². The SMILES string of the molecule is N#CCCCCOc1cc(C(=O)O)ccc1N. The van der Waals surface area contributed by atoms with E-state index in [1.165, 1.54) is 18.2 Å². The Morgan fingerprint density at radius 3 is 2.88 bits per heavy atom. The molecule has 0 fully saturated rings. The van der Waals surface area contributed by atoms with Gasteiger partial charge in [0, 0.05) is 6.42 Å². The fraction of sp³-hybridized carbons (Fsp3) is 0.333.